The lowest BCUT2D eigenvalue weighted by Gasteiger charge is -2.14. The first-order chi connectivity index (χ1) is 13.0. The number of carbonyl (C=O) groups excluding carboxylic acids is 3. The summed E-state index contributed by atoms with van der Waals surface area (Å²) in [6.45, 7) is 0.645. The van der Waals surface area contributed by atoms with Crippen molar-refractivity contribution >= 4 is 40.8 Å². The molecular weight excluding hydrogens is 393 g/mol. The van der Waals surface area contributed by atoms with E-state index in [0.717, 1.165) is 11.3 Å². The predicted molar refractivity (Wildman–Crippen MR) is 98.2 cm³/mol. The van der Waals surface area contributed by atoms with Crippen molar-refractivity contribution in [3.8, 4) is 11.5 Å². The highest BCUT2D eigenvalue weighted by atomic mass is 35.5. The summed E-state index contributed by atoms with van der Waals surface area (Å²) in [7, 11) is 0. The zero-order chi connectivity index (χ0) is 19.1. The van der Waals surface area contributed by atoms with Crippen LogP contribution in [0.1, 0.15) is 37.5 Å². The molecule has 0 saturated heterocycles. The molecule has 0 aromatic heterocycles. The van der Waals surface area contributed by atoms with E-state index in [9.17, 15) is 14.4 Å². The Bertz CT molecular complexity index is 947. The summed E-state index contributed by atoms with van der Waals surface area (Å²) in [4.78, 5) is 38.6. The van der Waals surface area contributed by atoms with Crippen LogP contribution in [0, 0.1) is 0 Å². The number of hydrogen-bond acceptors (Lipinski definition) is 5. The molecule has 0 fully saturated rings. The average molecular weight is 406 g/mol. The maximum absolute atomic E-state index is 12.7. The van der Waals surface area contributed by atoms with E-state index in [1.54, 1.807) is 18.2 Å². The van der Waals surface area contributed by atoms with Gasteiger partial charge >= 0.3 is 0 Å². The minimum absolute atomic E-state index is 0.140. The van der Waals surface area contributed by atoms with Gasteiger partial charge in [-0.3, -0.25) is 19.3 Å². The van der Waals surface area contributed by atoms with Crippen LogP contribution < -0.4 is 9.47 Å². The fourth-order valence-electron chi connectivity index (χ4n) is 3.00. The molecule has 0 saturated carbocycles. The molecule has 2 aromatic rings. The minimum Gasteiger partial charge on any atom is -0.490 e. The summed E-state index contributed by atoms with van der Waals surface area (Å²) >= 11 is 11.9. The van der Waals surface area contributed by atoms with Crippen LogP contribution in [0.5, 0.6) is 11.5 Å². The fraction of sp³-hybridized carbons (Fsp3) is 0.211. The van der Waals surface area contributed by atoms with Gasteiger partial charge in [-0.25, -0.2) is 0 Å². The van der Waals surface area contributed by atoms with Gasteiger partial charge in [-0.15, -0.1) is 0 Å². The quantitative estimate of drug-likeness (QED) is 0.575. The third-order valence-corrected chi connectivity index (χ3v) is 5.10. The van der Waals surface area contributed by atoms with Crippen molar-refractivity contribution in [1.82, 2.24) is 4.90 Å². The van der Waals surface area contributed by atoms with Crippen LogP contribution >= 0.6 is 23.2 Å². The van der Waals surface area contributed by atoms with Crippen molar-refractivity contribution < 1.29 is 23.9 Å². The number of Topliss-reactive ketones (excluding diaryl/α,β-unsaturated/α-hetero) is 1. The number of fused-ring (bicyclic) bond motifs is 2. The number of carbonyl (C=O) groups is 3. The Balaban J connectivity index is 1.58. The highest BCUT2D eigenvalue weighted by molar-refractivity contribution is 6.43. The van der Waals surface area contributed by atoms with Gasteiger partial charge in [0.1, 0.15) is 0 Å². The lowest BCUT2D eigenvalue weighted by atomic mass is 10.1. The van der Waals surface area contributed by atoms with Crippen LogP contribution in [-0.4, -0.2) is 42.3 Å². The molecule has 2 aliphatic heterocycles. The fourth-order valence-corrected chi connectivity index (χ4v) is 3.33. The molecule has 0 unspecified atom stereocenters. The summed E-state index contributed by atoms with van der Waals surface area (Å²) in [6, 6.07) is 7.49. The van der Waals surface area contributed by atoms with Crippen LogP contribution in [0.2, 0.25) is 10.0 Å². The smallest absolute Gasteiger partial charge is 0.262 e. The van der Waals surface area contributed by atoms with E-state index < -0.39 is 17.6 Å². The van der Waals surface area contributed by atoms with E-state index in [1.165, 1.54) is 12.1 Å². The monoisotopic (exact) mass is 405 g/mol. The molecule has 2 amide bonds. The van der Waals surface area contributed by atoms with E-state index >= 15 is 0 Å². The number of ketones is 1. The van der Waals surface area contributed by atoms with Crippen molar-refractivity contribution in [2.45, 2.75) is 6.42 Å². The van der Waals surface area contributed by atoms with Gasteiger partial charge in [0.2, 0.25) is 0 Å². The lowest BCUT2D eigenvalue weighted by Crippen LogP contribution is -2.34. The number of nitrogens with zero attached hydrogens (tertiary/aromatic N) is 1. The summed E-state index contributed by atoms with van der Waals surface area (Å²) < 4.78 is 11.1. The van der Waals surface area contributed by atoms with Crippen LogP contribution in [0.3, 0.4) is 0 Å². The van der Waals surface area contributed by atoms with Crippen molar-refractivity contribution in [2.24, 2.45) is 0 Å². The maximum atomic E-state index is 12.7. The van der Waals surface area contributed by atoms with Gasteiger partial charge in [-0.05, 0) is 30.3 Å². The highest BCUT2D eigenvalue weighted by Crippen LogP contribution is 2.33. The molecule has 2 aromatic carbocycles. The van der Waals surface area contributed by atoms with Gasteiger partial charge in [0.05, 0.1) is 40.9 Å². The number of benzene rings is 2. The van der Waals surface area contributed by atoms with Crippen molar-refractivity contribution in [3.05, 3.63) is 57.1 Å². The van der Waals surface area contributed by atoms with E-state index in [4.69, 9.17) is 32.7 Å². The molecule has 27 heavy (non-hydrogen) atoms. The number of halogens is 2. The van der Waals surface area contributed by atoms with E-state index in [1.807, 2.05) is 0 Å². The van der Waals surface area contributed by atoms with Crippen molar-refractivity contribution in [3.63, 3.8) is 0 Å². The summed E-state index contributed by atoms with van der Waals surface area (Å²) in [5.41, 5.74) is 0.605. The number of amides is 2. The molecule has 0 bridgehead atoms. The van der Waals surface area contributed by atoms with E-state index in [-0.39, 0.29) is 27.7 Å². The molecule has 0 N–H and O–H groups in total. The van der Waals surface area contributed by atoms with Crippen LogP contribution in [0.4, 0.5) is 0 Å². The van der Waals surface area contributed by atoms with Gasteiger partial charge < -0.3 is 9.47 Å². The summed E-state index contributed by atoms with van der Waals surface area (Å²) in [5, 5.41) is 0.347. The number of ether oxygens (including phenoxy) is 2. The minimum atomic E-state index is -0.573. The molecule has 138 valence electrons. The van der Waals surface area contributed by atoms with Crippen molar-refractivity contribution in [1.29, 1.82) is 0 Å². The number of hydrogen-bond donors (Lipinski definition) is 0. The molecule has 2 aliphatic rings. The average Bonchev–Trinajstić information content (AvgIpc) is 2.84. The molecule has 2 heterocycles. The number of imide groups is 1. The standard InChI is InChI=1S/C19H13Cl2NO5/c20-13-7-11-12(8-14(13)21)19(25)22(18(11)24)9-15(23)10-2-3-16-17(6-10)27-5-1-4-26-16/h2-3,6-8H,1,4-5,9H2. The Labute approximate surface area is 164 Å². The Hall–Kier alpha value is -2.57. The molecule has 0 spiro atoms. The normalized spacial score (nSPS) is 15.6. The summed E-state index contributed by atoms with van der Waals surface area (Å²) in [5.74, 6) is -0.502. The predicted octanol–water partition coefficient (Wildman–Crippen LogP) is 3.63. The first-order valence-electron chi connectivity index (χ1n) is 8.24. The lowest BCUT2D eigenvalue weighted by molar-refractivity contribution is 0.0624. The SMILES string of the molecule is O=C(CN1C(=O)c2cc(Cl)c(Cl)cc2C1=O)c1ccc2c(c1)OCCCO2. The Morgan fingerprint density at radius 3 is 2.15 bits per heavy atom. The van der Waals surface area contributed by atoms with Gasteiger partial charge in [0.15, 0.2) is 17.3 Å². The van der Waals surface area contributed by atoms with Crippen LogP contribution in [0.15, 0.2) is 30.3 Å². The topological polar surface area (TPSA) is 72.9 Å². The second-order valence-corrected chi connectivity index (χ2v) is 6.96. The van der Waals surface area contributed by atoms with E-state index in [2.05, 4.69) is 0 Å². The Kier molecular flexibility index (Phi) is 4.53. The third kappa shape index (κ3) is 3.15. The maximum Gasteiger partial charge on any atom is 0.262 e. The Morgan fingerprint density at radius 2 is 1.52 bits per heavy atom. The molecule has 0 radical (unpaired) electrons. The zero-order valence-electron chi connectivity index (χ0n) is 14.0. The van der Waals surface area contributed by atoms with Gasteiger partial charge in [0, 0.05) is 12.0 Å². The number of rotatable bonds is 3. The Morgan fingerprint density at radius 1 is 0.926 bits per heavy atom. The van der Waals surface area contributed by atoms with Crippen LogP contribution in [0.25, 0.3) is 0 Å². The summed E-state index contributed by atoms with van der Waals surface area (Å²) in [6.07, 6.45) is 0.748. The van der Waals surface area contributed by atoms with Gasteiger partial charge in [-0.2, -0.15) is 0 Å². The van der Waals surface area contributed by atoms with Crippen molar-refractivity contribution in [2.75, 3.05) is 19.8 Å². The molecule has 0 atom stereocenters. The molecular formula is C19H13Cl2NO5. The molecule has 4 rings (SSSR count). The largest absolute Gasteiger partial charge is 0.490 e. The zero-order valence-corrected chi connectivity index (χ0v) is 15.5. The second-order valence-electron chi connectivity index (χ2n) is 6.14. The van der Waals surface area contributed by atoms with Gasteiger partial charge in [-0.1, -0.05) is 23.2 Å². The molecule has 8 heteroatoms. The van der Waals surface area contributed by atoms with E-state index in [0.29, 0.717) is 30.3 Å². The third-order valence-electron chi connectivity index (χ3n) is 4.38. The second kappa shape index (κ2) is 6.87. The first kappa shape index (κ1) is 17.8. The first-order valence-corrected chi connectivity index (χ1v) is 8.99. The van der Waals surface area contributed by atoms with Crippen LogP contribution in [-0.2, 0) is 0 Å². The van der Waals surface area contributed by atoms with Gasteiger partial charge in [0.25, 0.3) is 11.8 Å². The molecule has 6 nitrogen and oxygen atoms in total. The molecule has 0 aliphatic carbocycles. The highest BCUT2D eigenvalue weighted by Gasteiger charge is 2.37.